The van der Waals surface area contributed by atoms with Crippen LogP contribution in [0.3, 0.4) is 0 Å². The highest BCUT2D eigenvalue weighted by Gasteiger charge is 2.31. The highest BCUT2D eigenvalue weighted by atomic mass is 16.1. The van der Waals surface area contributed by atoms with Gasteiger partial charge in [-0.25, -0.2) is 0 Å². The summed E-state index contributed by atoms with van der Waals surface area (Å²) < 4.78 is 1.58. The van der Waals surface area contributed by atoms with Crippen molar-refractivity contribution in [3.8, 4) is 0 Å². The molecular formula is C10H13N3O2. The molecule has 1 aliphatic rings. The van der Waals surface area contributed by atoms with Crippen molar-refractivity contribution in [1.29, 1.82) is 0 Å². The second-order valence-corrected chi connectivity index (χ2v) is 3.80. The fraction of sp³-hybridized carbons (Fsp3) is 0.600. The predicted octanol–water partition coefficient (Wildman–Crippen LogP) is 0.850. The van der Waals surface area contributed by atoms with Gasteiger partial charge in [-0.2, -0.15) is 0 Å². The first kappa shape index (κ1) is 10.0. The first-order valence-electron chi connectivity index (χ1n) is 5.16. The fourth-order valence-electron chi connectivity index (χ4n) is 1.38. The van der Waals surface area contributed by atoms with E-state index in [2.05, 4.69) is 10.3 Å². The van der Waals surface area contributed by atoms with Gasteiger partial charge in [0.1, 0.15) is 11.5 Å². The molecule has 1 aromatic rings. The van der Waals surface area contributed by atoms with Crippen molar-refractivity contribution in [3.63, 3.8) is 0 Å². The van der Waals surface area contributed by atoms with E-state index >= 15 is 0 Å². The lowest BCUT2D eigenvalue weighted by atomic mass is 10.1. The van der Waals surface area contributed by atoms with Crippen molar-refractivity contribution in [1.82, 2.24) is 15.0 Å². The van der Waals surface area contributed by atoms with Crippen LogP contribution < -0.4 is 0 Å². The van der Waals surface area contributed by atoms with Crippen molar-refractivity contribution in [3.05, 3.63) is 11.9 Å². The Balaban J connectivity index is 1.97. The number of Topliss-reactive ketones (excluding diaryl/α,β-unsaturated/α-hetero) is 2. The summed E-state index contributed by atoms with van der Waals surface area (Å²) in [6.45, 7) is 2.59. The van der Waals surface area contributed by atoms with E-state index in [-0.39, 0.29) is 23.9 Å². The van der Waals surface area contributed by atoms with Crippen molar-refractivity contribution >= 4 is 11.6 Å². The normalized spacial score (nSPS) is 15.3. The zero-order valence-corrected chi connectivity index (χ0v) is 8.64. The number of hydrogen-bond acceptors (Lipinski definition) is 4. The molecule has 0 atom stereocenters. The van der Waals surface area contributed by atoms with Gasteiger partial charge in [0, 0.05) is 12.5 Å². The summed E-state index contributed by atoms with van der Waals surface area (Å²) in [5.74, 6) is -0.0344. The van der Waals surface area contributed by atoms with E-state index in [1.165, 1.54) is 0 Å². The van der Waals surface area contributed by atoms with Crippen molar-refractivity contribution in [2.24, 2.45) is 5.92 Å². The lowest BCUT2D eigenvalue weighted by Gasteiger charge is -1.94. The van der Waals surface area contributed by atoms with Gasteiger partial charge in [0.15, 0.2) is 5.78 Å². The van der Waals surface area contributed by atoms with E-state index in [0.29, 0.717) is 12.2 Å². The average Bonchev–Trinajstić information content (AvgIpc) is 2.96. The molecule has 0 spiro atoms. The molecule has 0 unspecified atom stereocenters. The first-order chi connectivity index (χ1) is 7.20. The summed E-state index contributed by atoms with van der Waals surface area (Å²) in [6.07, 6.45) is 3.44. The number of aromatic nitrogens is 3. The number of ketones is 2. The molecule has 80 valence electrons. The number of nitrogens with zero attached hydrogens (tertiary/aromatic N) is 3. The third-order valence-electron chi connectivity index (χ3n) is 2.52. The molecule has 0 saturated heterocycles. The first-order valence-corrected chi connectivity index (χ1v) is 5.16. The van der Waals surface area contributed by atoms with Gasteiger partial charge in [0.05, 0.1) is 12.6 Å². The van der Waals surface area contributed by atoms with E-state index in [0.717, 1.165) is 12.8 Å². The Bertz CT molecular complexity index is 393. The van der Waals surface area contributed by atoms with Gasteiger partial charge in [-0.1, -0.05) is 5.21 Å². The Morgan fingerprint density at radius 1 is 1.53 bits per heavy atom. The topological polar surface area (TPSA) is 64.8 Å². The third-order valence-corrected chi connectivity index (χ3v) is 2.52. The summed E-state index contributed by atoms with van der Waals surface area (Å²) in [6, 6.07) is 0. The zero-order chi connectivity index (χ0) is 10.8. The molecule has 1 aromatic heterocycles. The number of carbonyl (C=O) groups is 2. The van der Waals surface area contributed by atoms with Crippen LogP contribution in [0.4, 0.5) is 0 Å². The van der Waals surface area contributed by atoms with Gasteiger partial charge >= 0.3 is 0 Å². The van der Waals surface area contributed by atoms with Crippen LogP contribution in [0.1, 0.15) is 36.7 Å². The third kappa shape index (κ3) is 2.29. The molecule has 0 aromatic carbocycles. The number of hydrogen-bond donors (Lipinski definition) is 0. The maximum Gasteiger partial charge on any atom is 0.192 e. The van der Waals surface area contributed by atoms with Crippen LogP contribution in [0, 0.1) is 5.92 Å². The lowest BCUT2D eigenvalue weighted by molar-refractivity contribution is -0.119. The molecule has 0 aliphatic heterocycles. The van der Waals surface area contributed by atoms with E-state index in [1.54, 1.807) is 10.9 Å². The van der Waals surface area contributed by atoms with E-state index < -0.39 is 0 Å². The molecule has 1 heterocycles. The van der Waals surface area contributed by atoms with Crippen molar-refractivity contribution < 1.29 is 9.59 Å². The predicted molar refractivity (Wildman–Crippen MR) is 52.4 cm³/mol. The highest BCUT2D eigenvalue weighted by molar-refractivity contribution is 6.07. The highest BCUT2D eigenvalue weighted by Crippen LogP contribution is 2.31. The molecule has 1 saturated carbocycles. The summed E-state index contributed by atoms with van der Waals surface area (Å²) in [4.78, 5) is 23.0. The van der Waals surface area contributed by atoms with Crippen LogP contribution in [-0.4, -0.2) is 26.6 Å². The summed E-state index contributed by atoms with van der Waals surface area (Å²) in [5.41, 5.74) is 0.297. The van der Waals surface area contributed by atoms with Crippen molar-refractivity contribution in [2.45, 2.75) is 32.7 Å². The van der Waals surface area contributed by atoms with Gasteiger partial charge < -0.3 is 0 Å². The number of aryl methyl sites for hydroxylation is 1. The monoisotopic (exact) mass is 207 g/mol. The maximum absolute atomic E-state index is 11.6. The Hall–Kier alpha value is -1.52. The Kier molecular flexibility index (Phi) is 2.62. The molecule has 0 amide bonds. The summed E-state index contributed by atoms with van der Waals surface area (Å²) in [7, 11) is 0. The Morgan fingerprint density at radius 2 is 2.27 bits per heavy atom. The number of carbonyl (C=O) groups excluding carboxylic acids is 2. The van der Waals surface area contributed by atoms with Crippen LogP contribution >= 0.6 is 0 Å². The average molecular weight is 207 g/mol. The minimum absolute atomic E-state index is 0.0208. The second-order valence-electron chi connectivity index (χ2n) is 3.80. The second kappa shape index (κ2) is 3.92. The van der Waals surface area contributed by atoms with Gasteiger partial charge in [-0.3, -0.25) is 14.3 Å². The standard InChI is InChI=1S/C10H13N3O2/c1-2-13-6-8(11-12-13)10(15)5-9(14)7-3-4-7/h6-7H,2-5H2,1H3. The molecule has 5 nitrogen and oxygen atoms in total. The van der Waals surface area contributed by atoms with Gasteiger partial charge in [0.2, 0.25) is 0 Å². The molecule has 2 rings (SSSR count). The van der Waals surface area contributed by atoms with E-state index in [4.69, 9.17) is 0 Å². The van der Waals surface area contributed by atoms with E-state index in [9.17, 15) is 9.59 Å². The molecule has 0 bridgehead atoms. The smallest absolute Gasteiger partial charge is 0.192 e. The molecule has 0 radical (unpaired) electrons. The molecule has 15 heavy (non-hydrogen) atoms. The lowest BCUT2D eigenvalue weighted by Crippen LogP contribution is -2.10. The van der Waals surface area contributed by atoms with Gasteiger partial charge in [0.25, 0.3) is 0 Å². The van der Waals surface area contributed by atoms with Crippen LogP contribution in [-0.2, 0) is 11.3 Å². The summed E-state index contributed by atoms with van der Waals surface area (Å²) in [5, 5.41) is 7.49. The van der Waals surface area contributed by atoms with Crippen molar-refractivity contribution in [2.75, 3.05) is 0 Å². The van der Waals surface area contributed by atoms with Crippen LogP contribution in [0.2, 0.25) is 0 Å². The minimum atomic E-state index is -0.216. The molecule has 5 heteroatoms. The van der Waals surface area contributed by atoms with Gasteiger partial charge in [-0.05, 0) is 19.8 Å². The summed E-state index contributed by atoms with van der Waals surface area (Å²) >= 11 is 0. The zero-order valence-electron chi connectivity index (χ0n) is 8.64. The van der Waals surface area contributed by atoms with Crippen LogP contribution in [0.15, 0.2) is 6.20 Å². The molecule has 1 aliphatic carbocycles. The van der Waals surface area contributed by atoms with Gasteiger partial charge in [-0.15, -0.1) is 5.10 Å². The molecular weight excluding hydrogens is 194 g/mol. The number of rotatable bonds is 5. The largest absolute Gasteiger partial charge is 0.299 e. The quantitative estimate of drug-likeness (QED) is 0.530. The maximum atomic E-state index is 11.6. The Morgan fingerprint density at radius 3 is 2.80 bits per heavy atom. The molecule has 1 fully saturated rings. The Labute approximate surface area is 87.5 Å². The van der Waals surface area contributed by atoms with Crippen LogP contribution in [0.25, 0.3) is 0 Å². The van der Waals surface area contributed by atoms with Crippen LogP contribution in [0.5, 0.6) is 0 Å². The molecule has 0 N–H and O–H groups in total. The van der Waals surface area contributed by atoms with E-state index in [1.807, 2.05) is 6.92 Å². The fourth-order valence-corrected chi connectivity index (χ4v) is 1.38. The SMILES string of the molecule is CCn1cc(C(=O)CC(=O)C2CC2)nn1. The minimum Gasteiger partial charge on any atom is -0.299 e.